The van der Waals surface area contributed by atoms with Crippen molar-refractivity contribution in [3.8, 4) is 11.3 Å². The number of pyridine rings is 1. The van der Waals surface area contributed by atoms with Crippen molar-refractivity contribution in [2.45, 2.75) is 38.0 Å². The molecule has 1 unspecified atom stereocenters. The van der Waals surface area contributed by atoms with Crippen LogP contribution in [-0.2, 0) is 11.2 Å². The highest BCUT2D eigenvalue weighted by Gasteiger charge is 2.28. The quantitative estimate of drug-likeness (QED) is 0.364. The van der Waals surface area contributed by atoms with Gasteiger partial charge in [-0.25, -0.2) is 9.37 Å². The van der Waals surface area contributed by atoms with E-state index in [1.165, 1.54) is 12.1 Å². The minimum Gasteiger partial charge on any atom is -0.381 e. The van der Waals surface area contributed by atoms with E-state index in [0.717, 1.165) is 61.2 Å². The fourth-order valence-corrected chi connectivity index (χ4v) is 5.43. The van der Waals surface area contributed by atoms with Crippen LogP contribution >= 0.6 is 0 Å². The molecule has 8 heteroatoms. The van der Waals surface area contributed by atoms with Crippen LogP contribution in [0, 0.1) is 11.7 Å². The van der Waals surface area contributed by atoms with Crippen LogP contribution in [0.3, 0.4) is 0 Å². The maximum atomic E-state index is 13.8. The highest BCUT2D eigenvalue weighted by Crippen LogP contribution is 2.29. The Balaban J connectivity index is 1.22. The molecule has 2 aliphatic rings. The first-order chi connectivity index (χ1) is 18.1. The number of amides is 1. The van der Waals surface area contributed by atoms with Crippen LogP contribution in [0.25, 0.3) is 22.2 Å². The Bertz CT molecular complexity index is 1400. The first kappa shape index (κ1) is 23.7. The Kier molecular flexibility index (Phi) is 6.66. The van der Waals surface area contributed by atoms with Crippen molar-refractivity contribution in [3.05, 3.63) is 77.7 Å². The monoisotopic (exact) mass is 500 g/mol. The standard InChI is InChI=1S/C29H29FN4O3/c30-22-9-7-20(8-10-22)26-17-24(23-5-1-2-6-25(23)31-26)29(35)34-13-3-4-19(18-34)16-27-32-28(33-37-27)21-11-14-36-15-12-21/h1-2,5-10,17,19,21H,3-4,11-16,18H2. The second-order valence-electron chi connectivity index (χ2n) is 9.98. The van der Waals surface area contributed by atoms with Gasteiger partial charge >= 0.3 is 0 Å². The lowest BCUT2D eigenvalue weighted by atomic mass is 9.93. The van der Waals surface area contributed by atoms with Gasteiger partial charge in [0.2, 0.25) is 5.89 Å². The van der Waals surface area contributed by atoms with Crippen molar-refractivity contribution in [2.75, 3.05) is 26.3 Å². The van der Waals surface area contributed by atoms with Crippen LogP contribution in [0.1, 0.15) is 53.7 Å². The smallest absolute Gasteiger partial charge is 0.254 e. The molecule has 0 N–H and O–H groups in total. The van der Waals surface area contributed by atoms with Gasteiger partial charge in [-0.05, 0) is 68.0 Å². The van der Waals surface area contributed by atoms with E-state index in [4.69, 9.17) is 14.2 Å². The van der Waals surface area contributed by atoms with E-state index in [1.54, 1.807) is 12.1 Å². The average Bonchev–Trinajstić information content (AvgIpc) is 3.41. The molecule has 2 fully saturated rings. The van der Waals surface area contributed by atoms with Gasteiger partial charge in [-0.15, -0.1) is 0 Å². The lowest BCUT2D eigenvalue weighted by molar-refractivity contribution is 0.0670. The molecule has 2 aromatic heterocycles. The van der Waals surface area contributed by atoms with Crippen molar-refractivity contribution in [2.24, 2.45) is 5.92 Å². The Morgan fingerprint density at radius 1 is 1.03 bits per heavy atom. The third-order valence-electron chi connectivity index (χ3n) is 7.43. The molecule has 7 nitrogen and oxygen atoms in total. The predicted octanol–water partition coefficient (Wildman–Crippen LogP) is 5.41. The van der Waals surface area contributed by atoms with Crippen molar-refractivity contribution < 1.29 is 18.4 Å². The van der Waals surface area contributed by atoms with Gasteiger partial charge in [-0.1, -0.05) is 23.4 Å². The average molecular weight is 501 g/mol. The summed E-state index contributed by atoms with van der Waals surface area (Å²) in [6.07, 6.45) is 4.44. The van der Waals surface area contributed by atoms with E-state index in [9.17, 15) is 9.18 Å². The second-order valence-corrected chi connectivity index (χ2v) is 9.98. The van der Waals surface area contributed by atoms with Crippen LogP contribution in [-0.4, -0.2) is 52.2 Å². The van der Waals surface area contributed by atoms with E-state index in [-0.39, 0.29) is 17.6 Å². The third kappa shape index (κ3) is 5.11. The molecule has 190 valence electrons. The van der Waals surface area contributed by atoms with Gasteiger partial charge in [-0.3, -0.25) is 4.79 Å². The normalized spacial score (nSPS) is 18.8. The number of hydrogen-bond acceptors (Lipinski definition) is 6. The summed E-state index contributed by atoms with van der Waals surface area (Å²) in [4.78, 5) is 25.2. The molecule has 2 saturated heterocycles. The number of rotatable bonds is 5. The number of likely N-dealkylation sites (tertiary alicyclic amines) is 1. The minimum absolute atomic E-state index is 0.0138. The molecule has 4 heterocycles. The largest absolute Gasteiger partial charge is 0.381 e. The third-order valence-corrected chi connectivity index (χ3v) is 7.43. The fourth-order valence-electron chi connectivity index (χ4n) is 5.43. The van der Waals surface area contributed by atoms with Crippen LogP contribution in [0.5, 0.6) is 0 Å². The Morgan fingerprint density at radius 3 is 2.68 bits per heavy atom. The Morgan fingerprint density at radius 2 is 1.84 bits per heavy atom. The van der Waals surface area contributed by atoms with Gasteiger partial charge in [0.05, 0.1) is 16.8 Å². The summed E-state index contributed by atoms with van der Waals surface area (Å²) in [6.45, 7) is 2.81. The summed E-state index contributed by atoms with van der Waals surface area (Å²) < 4.78 is 24.5. The molecule has 1 amide bonds. The van der Waals surface area contributed by atoms with Crippen LogP contribution in [0.4, 0.5) is 4.39 Å². The highest BCUT2D eigenvalue weighted by atomic mass is 19.1. The number of para-hydroxylation sites is 1. The van der Waals surface area contributed by atoms with E-state index in [2.05, 4.69) is 10.1 Å². The Hall–Kier alpha value is -3.65. The fraction of sp³-hybridized carbons (Fsp3) is 0.379. The molecule has 2 aliphatic heterocycles. The summed E-state index contributed by atoms with van der Waals surface area (Å²) in [5, 5.41) is 5.05. The van der Waals surface area contributed by atoms with Gasteiger partial charge in [0, 0.05) is 49.6 Å². The van der Waals surface area contributed by atoms with Crippen LogP contribution in [0.15, 0.2) is 59.1 Å². The predicted molar refractivity (Wildman–Crippen MR) is 137 cm³/mol. The van der Waals surface area contributed by atoms with E-state index >= 15 is 0 Å². The molecular formula is C29H29FN4O3. The number of carbonyl (C=O) groups is 1. The number of ether oxygens (including phenoxy) is 1. The molecule has 0 aliphatic carbocycles. The molecule has 4 aromatic rings. The second kappa shape index (κ2) is 10.4. The summed E-state index contributed by atoms with van der Waals surface area (Å²) in [5.41, 5.74) is 2.79. The molecule has 37 heavy (non-hydrogen) atoms. The van der Waals surface area contributed by atoms with Gasteiger partial charge < -0.3 is 14.2 Å². The molecule has 1 atom stereocenters. The summed E-state index contributed by atoms with van der Waals surface area (Å²) >= 11 is 0. The molecule has 6 rings (SSSR count). The summed E-state index contributed by atoms with van der Waals surface area (Å²) in [6, 6.07) is 15.7. The molecule has 0 spiro atoms. The number of hydrogen-bond donors (Lipinski definition) is 0. The SMILES string of the molecule is O=C(c1cc(-c2ccc(F)cc2)nc2ccccc12)N1CCCC(Cc2nc(C3CCOCC3)no2)C1. The number of carbonyl (C=O) groups excluding carboxylic acids is 1. The van der Waals surface area contributed by atoms with E-state index in [0.29, 0.717) is 42.6 Å². The zero-order valence-corrected chi connectivity index (χ0v) is 20.6. The first-order valence-electron chi connectivity index (χ1n) is 13.0. The van der Waals surface area contributed by atoms with Crippen molar-refractivity contribution in [1.82, 2.24) is 20.0 Å². The van der Waals surface area contributed by atoms with Crippen LogP contribution < -0.4 is 0 Å². The number of aromatic nitrogens is 3. The van der Waals surface area contributed by atoms with E-state index < -0.39 is 0 Å². The Labute approximate surface area is 214 Å². The minimum atomic E-state index is -0.304. The summed E-state index contributed by atoms with van der Waals surface area (Å²) in [5.74, 6) is 1.66. The maximum absolute atomic E-state index is 13.8. The highest BCUT2D eigenvalue weighted by molar-refractivity contribution is 6.07. The van der Waals surface area contributed by atoms with Gasteiger partial charge in [0.15, 0.2) is 5.82 Å². The number of fused-ring (bicyclic) bond motifs is 1. The topological polar surface area (TPSA) is 81.4 Å². The van der Waals surface area contributed by atoms with Crippen molar-refractivity contribution >= 4 is 16.8 Å². The lowest BCUT2D eigenvalue weighted by Crippen LogP contribution is -2.40. The van der Waals surface area contributed by atoms with Crippen molar-refractivity contribution in [3.63, 3.8) is 0 Å². The van der Waals surface area contributed by atoms with Gasteiger partial charge in [-0.2, -0.15) is 4.98 Å². The zero-order valence-electron chi connectivity index (χ0n) is 20.6. The summed E-state index contributed by atoms with van der Waals surface area (Å²) in [7, 11) is 0. The molecule has 2 aromatic carbocycles. The zero-order chi connectivity index (χ0) is 25.2. The molecular weight excluding hydrogens is 471 g/mol. The number of piperidine rings is 1. The lowest BCUT2D eigenvalue weighted by Gasteiger charge is -2.32. The van der Waals surface area contributed by atoms with E-state index in [1.807, 2.05) is 35.2 Å². The van der Waals surface area contributed by atoms with Gasteiger partial charge in [0.25, 0.3) is 5.91 Å². The molecule has 0 radical (unpaired) electrons. The first-order valence-corrected chi connectivity index (χ1v) is 13.0. The maximum Gasteiger partial charge on any atom is 0.254 e. The van der Waals surface area contributed by atoms with Gasteiger partial charge in [0.1, 0.15) is 5.82 Å². The van der Waals surface area contributed by atoms with Crippen LogP contribution in [0.2, 0.25) is 0 Å². The number of benzene rings is 2. The number of nitrogens with zero attached hydrogens (tertiary/aromatic N) is 4. The molecule has 0 bridgehead atoms. The number of halogens is 1. The van der Waals surface area contributed by atoms with Crippen molar-refractivity contribution in [1.29, 1.82) is 0 Å². The molecule has 0 saturated carbocycles.